The van der Waals surface area contributed by atoms with E-state index in [1.807, 2.05) is 17.5 Å². The van der Waals surface area contributed by atoms with Crippen LogP contribution in [-0.2, 0) is 13.0 Å². The summed E-state index contributed by atoms with van der Waals surface area (Å²) >= 11 is 1.86. The molecule has 1 N–H and O–H groups in total. The minimum Gasteiger partial charge on any atom is -0.326 e. The van der Waals surface area contributed by atoms with Gasteiger partial charge < -0.3 is 9.88 Å². The van der Waals surface area contributed by atoms with Crippen molar-refractivity contribution in [1.82, 2.24) is 19.9 Å². The topological polar surface area (TPSA) is 42.7 Å². The summed E-state index contributed by atoms with van der Waals surface area (Å²) in [4.78, 5) is 10.9. The number of fused-ring (bicyclic) bond motifs is 3. The highest BCUT2D eigenvalue weighted by Crippen LogP contribution is 2.32. The molecule has 0 saturated carbocycles. The van der Waals surface area contributed by atoms with Crippen LogP contribution in [0.4, 0.5) is 0 Å². The van der Waals surface area contributed by atoms with Crippen molar-refractivity contribution in [1.29, 1.82) is 0 Å². The second-order valence-electron chi connectivity index (χ2n) is 7.00. The average Bonchev–Trinajstić information content (AvgIpc) is 3.13. The zero-order chi connectivity index (χ0) is 16.5. The van der Waals surface area contributed by atoms with Crippen molar-refractivity contribution in [3.05, 3.63) is 23.0 Å². The quantitative estimate of drug-likeness (QED) is 0.752. The summed E-state index contributed by atoms with van der Waals surface area (Å²) in [6.07, 6.45) is 7.99. The van der Waals surface area contributed by atoms with Gasteiger partial charge in [0.05, 0.1) is 21.9 Å². The van der Waals surface area contributed by atoms with Crippen LogP contribution in [0.25, 0.3) is 21.3 Å². The molecular weight excluding hydrogens is 316 g/mol. The molecule has 0 unspecified atom stereocenters. The van der Waals surface area contributed by atoms with Crippen LogP contribution in [0.1, 0.15) is 43.3 Å². The summed E-state index contributed by atoms with van der Waals surface area (Å²) in [6.45, 7) is 7.83. The van der Waals surface area contributed by atoms with Gasteiger partial charge >= 0.3 is 0 Å². The first-order valence-corrected chi connectivity index (χ1v) is 10.0. The number of hydrogen-bond donors (Lipinski definition) is 1. The number of rotatable bonds is 5. The molecule has 3 aromatic heterocycles. The third-order valence-corrected chi connectivity index (χ3v) is 6.15. The smallest absolute Gasteiger partial charge is 0.109 e. The molecule has 1 aliphatic rings. The first kappa shape index (κ1) is 16.0. The third kappa shape index (κ3) is 2.95. The summed E-state index contributed by atoms with van der Waals surface area (Å²) in [5.74, 6) is 2.01. The van der Waals surface area contributed by atoms with Crippen molar-refractivity contribution in [2.45, 2.75) is 52.5 Å². The molecule has 0 aromatic carbocycles. The largest absolute Gasteiger partial charge is 0.326 e. The molecule has 1 saturated heterocycles. The Morgan fingerprint density at radius 3 is 2.92 bits per heavy atom. The number of piperidine rings is 1. The molecular formula is C19H26N4S. The maximum Gasteiger partial charge on any atom is 0.109 e. The van der Waals surface area contributed by atoms with Gasteiger partial charge in [0.2, 0.25) is 0 Å². The van der Waals surface area contributed by atoms with E-state index in [1.54, 1.807) is 0 Å². The number of aryl methyl sites for hydroxylation is 2. The number of imidazole rings is 1. The minimum atomic E-state index is 0.758. The Bertz CT molecular complexity index is 842. The van der Waals surface area contributed by atoms with E-state index < -0.39 is 0 Å². The van der Waals surface area contributed by atoms with E-state index >= 15 is 0 Å². The zero-order valence-electron chi connectivity index (χ0n) is 14.6. The normalized spacial score (nSPS) is 16.4. The van der Waals surface area contributed by atoms with E-state index in [1.165, 1.54) is 46.6 Å². The van der Waals surface area contributed by atoms with Crippen LogP contribution in [-0.4, -0.2) is 27.6 Å². The lowest BCUT2D eigenvalue weighted by atomic mass is 9.98. The molecule has 4 heterocycles. The highest BCUT2D eigenvalue weighted by molar-refractivity contribution is 7.19. The highest BCUT2D eigenvalue weighted by Gasteiger charge is 2.20. The number of pyridine rings is 1. The van der Waals surface area contributed by atoms with Crippen LogP contribution in [0.2, 0.25) is 0 Å². The zero-order valence-corrected chi connectivity index (χ0v) is 15.5. The van der Waals surface area contributed by atoms with Gasteiger partial charge in [-0.1, -0.05) is 13.3 Å². The van der Waals surface area contributed by atoms with E-state index in [0.717, 1.165) is 43.0 Å². The van der Waals surface area contributed by atoms with Gasteiger partial charge in [0.25, 0.3) is 0 Å². The molecule has 5 heteroatoms. The van der Waals surface area contributed by atoms with Crippen molar-refractivity contribution in [2.75, 3.05) is 13.1 Å². The van der Waals surface area contributed by atoms with Crippen molar-refractivity contribution in [3.63, 3.8) is 0 Å². The molecule has 4 rings (SSSR count). The maximum atomic E-state index is 4.97. The van der Waals surface area contributed by atoms with Crippen molar-refractivity contribution in [3.8, 4) is 0 Å². The van der Waals surface area contributed by atoms with Gasteiger partial charge in [0.15, 0.2) is 0 Å². The second kappa shape index (κ2) is 6.81. The summed E-state index contributed by atoms with van der Waals surface area (Å²) in [7, 11) is 0. The average molecular weight is 343 g/mol. The monoisotopic (exact) mass is 342 g/mol. The number of unbranched alkanes of at least 4 members (excludes halogenated alkanes) is 1. The standard InChI is InChI=1S/C19H26N4S/c1-3-4-5-17-22-16-11-21-15-10-13(2)24-19(15)18(16)23(17)12-14-6-8-20-9-7-14/h10-11,14,20H,3-9,12H2,1-2H3. The molecule has 1 aliphatic heterocycles. The molecule has 0 amide bonds. The predicted molar refractivity (Wildman–Crippen MR) is 102 cm³/mol. The summed E-state index contributed by atoms with van der Waals surface area (Å²) in [6, 6.07) is 2.20. The molecule has 0 bridgehead atoms. The molecule has 3 aromatic rings. The number of aromatic nitrogens is 3. The molecule has 0 radical (unpaired) electrons. The first-order valence-electron chi connectivity index (χ1n) is 9.21. The van der Waals surface area contributed by atoms with E-state index in [2.05, 4.69) is 34.8 Å². The number of thiophene rings is 1. The van der Waals surface area contributed by atoms with E-state index in [-0.39, 0.29) is 0 Å². The first-order chi connectivity index (χ1) is 11.8. The summed E-state index contributed by atoms with van der Waals surface area (Å²) in [5, 5.41) is 3.48. The van der Waals surface area contributed by atoms with Gasteiger partial charge in [-0.05, 0) is 51.3 Å². The molecule has 24 heavy (non-hydrogen) atoms. The van der Waals surface area contributed by atoms with Gasteiger partial charge in [-0.25, -0.2) is 4.98 Å². The fourth-order valence-corrected chi connectivity index (χ4v) is 4.81. The Hall–Kier alpha value is -1.46. The Kier molecular flexibility index (Phi) is 4.55. The number of nitrogens with zero attached hydrogens (tertiary/aromatic N) is 3. The van der Waals surface area contributed by atoms with E-state index in [4.69, 9.17) is 4.98 Å². The molecule has 0 spiro atoms. The Labute approximate surface area is 147 Å². The molecule has 128 valence electrons. The van der Waals surface area contributed by atoms with E-state index in [9.17, 15) is 0 Å². The summed E-state index contributed by atoms with van der Waals surface area (Å²) in [5.41, 5.74) is 3.52. The molecule has 0 atom stereocenters. The van der Waals surface area contributed by atoms with Crippen LogP contribution in [0.5, 0.6) is 0 Å². The highest BCUT2D eigenvalue weighted by atomic mass is 32.1. The van der Waals surface area contributed by atoms with Crippen molar-refractivity contribution >= 4 is 32.6 Å². The predicted octanol–water partition coefficient (Wildman–Crippen LogP) is 4.30. The van der Waals surface area contributed by atoms with E-state index in [0.29, 0.717) is 0 Å². The molecule has 4 nitrogen and oxygen atoms in total. The van der Waals surface area contributed by atoms with Gasteiger partial charge in [-0.2, -0.15) is 0 Å². The summed E-state index contributed by atoms with van der Waals surface area (Å²) < 4.78 is 3.84. The fraction of sp³-hybridized carbons (Fsp3) is 0.579. The van der Waals surface area contributed by atoms with Gasteiger partial charge in [-0.15, -0.1) is 11.3 Å². The van der Waals surface area contributed by atoms with Crippen LogP contribution in [0, 0.1) is 12.8 Å². The fourth-order valence-electron chi connectivity index (χ4n) is 3.79. The third-order valence-electron chi connectivity index (χ3n) is 5.10. The second-order valence-corrected chi connectivity index (χ2v) is 8.26. The van der Waals surface area contributed by atoms with Crippen LogP contribution in [0.15, 0.2) is 12.3 Å². The SMILES string of the molecule is CCCCc1nc2cnc3cc(C)sc3c2n1CC1CCNCC1. The lowest BCUT2D eigenvalue weighted by molar-refractivity contribution is 0.333. The Balaban J connectivity index is 1.82. The number of hydrogen-bond acceptors (Lipinski definition) is 4. The lowest BCUT2D eigenvalue weighted by Crippen LogP contribution is -2.30. The molecule has 0 aliphatic carbocycles. The van der Waals surface area contributed by atoms with Gasteiger partial charge in [0, 0.05) is 17.8 Å². The Morgan fingerprint density at radius 1 is 1.29 bits per heavy atom. The Morgan fingerprint density at radius 2 is 2.12 bits per heavy atom. The van der Waals surface area contributed by atoms with Crippen molar-refractivity contribution < 1.29 is 0 Å². The van der Waals surface area contributed by atoms with Crippen molar-refractivity contribution in [2.24, 2.45) is 5.92 Å². The van der Waals surface area contributed by atoms with Crippen LogP contribution >= 0.6 is 11.3 Å². The number of nitrogens with one attached hydrogen (secondary N) is 1. The van der Waals surface area contributed by atoms with Crippen LogP contribution in [0.3, 0.4) is 0 Å². The van der Waals surface area contributed by atoms with Crippen LogP contribution < -0.4 is 5.32 Å². The molecule has 1 fully saturated rings. The van der Waals surface area contributed by atoms with Gasteiger partial charge in [-0.3, -0.25) is 4.98 Å². The van der Waals surface area contributed by atoms with Gasteiger partial charge in [0.1, 0.15) is 11.3 Å². The minimum absolute atomic E-state index is 0.758. The lowest BCUT2D eigenvalue weighted by Gasteiger charge is -2.24. The maximum absolute atomic E-state index is 4.97.